The van der Waals surface area contributed by atoms with Crippen LogP contribution in [0.5, 0.6) is 0 Å². The molecule has 0 aliphatic carbocycles. The summed E-state index contributed by atoms with van der Waals surface area (Å²) in [5, 5.41) is 10.7. The Kier molecular flexibility index (Phi) is 3.26. The maximum absolute atomic E-state index is 15.0. The number of aromatic nitrogens is 4. The largest absolute Gasteiger partial charge is 0.423 e. The van der Waals surface area contributed by atoms with E-state index in [1.165, 1.54) is 12.7 Å². The number of nitrogens with zero attached hydrogens (tertiary/aromatic N) is 3. The smallest absolute Gasteiger partial charge is 0.249 e. The summed E-state index contributed by atoms with van der Waals surface area (Å²) >= 11 is 0. The second kappa shape index (κ2) is 5.45. The van der Waals surface area contributed by atoms with Gasteiger partial charge < -0.3 is 14.7 Å². The van der Waals surface area contributed by atoms with Crippen molar-refractivity contribution >= 4 is 22.4 Å². The molecule has 0 saturated carbocycles. The van der Waals surface area contributed by atoms with Gasteiger partial charge in [-0.05, 0) is 31.5 Å². The minimum absolute atomic E-state index is 0.234. The molecule has 2 N–H and O–H groups in total. The Morgan fingerprint density at radius 3 is 2.83 bits per heavy atom. The molecular weight excluding hydrogens is 309 g/mol. The van der Waals surface area contributed by atoms with Crippen molar-refractivity contribution < 1.29 is 8.81 Å². The molecule has 24 heavy (non-hydrogen) atoms. The number of hydrogen-bond acceptors (Lipinski definition) is 5. The number of rotatable bonds is 3. The van der Waals surface area contributed by atoms with Crippen LogP contribution in [0.2, 0.25) is 0 Å². The molecule has 120 valence electrons. The van der Waals surface area contributed by atoms with Crippen LogP contribution in [0.15, 0.2) is 41.4 Å². The summed E-state index contributed by atoms with van der Waals surface area (Å²) in [4.78, 5) is 6.95. The molecule has 0 radical (unpaired) electrons. The van der Waals surface area contributed by atoms with Crippen LogP contribution < -0.4 is 5.32 Å². The zero-order chi connectivity index (χ0) is 16.7. The Balaban J connectivity index is 1.92. The third kappa shape index (κ3) is 2.30. The number of aryl methyl sites for hydroxylation is 2. The first-order valence-corrected chi connectivity index (χ1v) is 7.40. The molecule has 0 fully saturated rings. The molecule has 6 nitrogen and oxygen atoms in total. The first kappa shape index (κ1) is 14.4. The monoisotopic (exact) mass is 323 g/mol. The number of aromatic amines is 1. The average Bonchev–Trinajstić information content (AvgIpc) is 3.23. The van der Waals surface area contributed by atoms with E-state index < -0.39 is 5.82 Å². The molecule has 0 saturated heterocycles. The molecule has 0 bridgehead atoms. The number of halogens is 1. The molecule has 0 unspecified atom stereocenters. The van der Waals surface area contributed by atoms with Crippen LogP contribution in [-0.2, 0) is 0 Å². The van der Waals surface area contributed by atoms with Gasteiger partial charge in [-0.3, -0.25) is 0 Å². The molecule has 0 aliphatic rings. The van der Waals surface area contributed by atoms with Crippen molar-refractivity contribution in [1.29, 1.82) is 0 Å². The second-order valence-electron chi connectivity index (χ2n) is 5.60. The van der Waals surface area contributed by atoms with Crippen molar-refractivity contribution in [3.05, 3.63) is 53.9 Å². The topological polar surface area (TPSA) is 79.6 Å². The van der Waals surface area contributed by atoms with Crippen molar-refractivity contribution in [3.8, 4) is 11.5 Å². The highest BCUT2D eigenvalue weighted by Crippen LogP contribution is 2.36. The van der Waals surface area contributed by atoms with Crippen molar-refractivity contribution in [2.45, 2.75) is 13.8 Å². The summed E-state index contributed by atoms with van der Waals surface area (Å²) < 4.78 is 20.3. The van der Waals surface area contributed by atoms with Gasteiger partial charge in [0.1, 0.15) is 5.52 Å². The van der Waals surface area contributed by atoms with E-state index in [1.54, 1.807) is 6.07 Å². The molecule has 7 heteroatoms. The summed E-state index contributed by atoms with van der Waals surface area (Å²) in [7, 11) is 0. The van der Waals surface area contributed by atoms with Gasteiger partial charge in [0.15, 0.2) is 5.82 Å². The second-order valence-corrected chi connectivity index (χ2v) is 5.60. The van der Waals surface area contributed by atoms with Crippen LogP contribution in [0.1, 0.15) is 11.1 Å². The summed E-state index contributed by atoms with van der Waals surface area (Å²) in [6.07, 6.45) is 2.66. The fraction of sp³-hybridized carbons (Fsp3) is 0.118. The van der Waals surface area contributed by atoms with E-state index in [-0.39, 0.29) is 17.1 Å². The number of fused-ring (bicyclic) bond motifs is 1. The van der Waals surface area contributed by atoms with Crippen LogP contribution in [0.3, 0.4) is 0 Å². The minimum atomic E-state index is -0.470. The minimum Gasteiger partial charge on any atom is -0.423 e. The summed E-state index contributed by atoms with van der Waals surface area (Å²) in [6.45, 7) is 3.98. The van der Waals surface area contributed by atoms with Gasteiger partial charge in [0.25, 0.3) is 0 Å². The maximum Gasteiger partial charge on any atom is 0.249 e. The molecule has 4 rings (SSSR count). The predicted molar refractivity (Wildman–Crippen MR) is 88.5 cm³/mol. The molecule has 2 aromatic heterocycles. The lowest BCUT2D eigenvalue weighted by Gasteiger charge is -2.14. The molecule has 0 spiro atoms. The van der Waals surface area contributed by atoms with Gasteiger partial charge in [-0.2, -0.15) is 0 Å². The van der Waals surface area contributed by atoms with E-state index in [0.29, 0.717) is 11.1 Å². The third-order valence-corrected chi connectivity index (χ3v) is 3.89. The van der Waals surface area contributed by atoms with Crippen molar-refractivity contribution in [3.63, 3.8) is 0 Å². The highest BCUT2D eigenvalue weighted by Gasteiger charge is 2.20. The fourth-order valence-corrected chi connectivity index (χ4v) is 2.71. The Morgan fingerprint density at radius 1 is 1.21 bits per heavy atom. The van der Waals surface area contributed by atoms with Crippen LogP contribution in [0.25, 0.3) is 22.5 Å². The highest BCUT2D eigenvalue weighted by molar-refractivity contribution is 5.91. The number of nitrogens with one attached hydrogen (secondary N) is 2. The van der Waals surface area contributed by atoms with Gasteiger partial charge in [-0.25, -0.2) is 9.37 Å². The number of H-pyrrole nitrogens is 1. The zero-order valence-electron chi connectivity index (χ0n) is 13.1. The van der Waals surface area contributed by atoms with Gasteiger partial charge in [0.05, 0.1) is 23.1 Å². The predicted octanol–water partition coefficient (Wildman–Crippen LogP) is 4.11. The third-order valence-electron chi connectivity index (χ3n) is 3.89. The standard InChI is InChI=1S/C17H14FN5O/c1-9-3-4-12(10(2)5-9)22-15-11(17-23-21-8-24-17)6-13-16(14(15)18)20-7-19-13/h3-8,22H,1-2H3,(H,19,20). The molecule has 0 atom stereocenters. The fourth-order valence-electron chi connectivity index (χ4n) is 2.71. The number of benzene rings is 2. The summed E-state index contributed by atoms with van der Waals surface area (Å²) in [5.41, 5.74) is 4.49. The quantitative estimate of drug-likeness (QED) is 0.593. The first-order valence-electron chi connectivity index (χ1n) is 7.40. The zero-order valence-corrected chi connectivity index (χ0v) is 13.1. The van der Waals surface area contributed by atoms with Gasteiger partial charge in [0, 0.05) is 5.69 Å². The Bertz CT molecular complexity index is 1020. The van der Waals surface area contributed by atoms with Crippen LogP contribution in [-0.4, -0.2) is 20.2 Å². The summed E-state index contributed by atoms with van der Waals surface area (Å²) in [6, 6.07) is 7.65. The van der Waals surface area contributed by atoms with Crippen LogP contribution in [0.4, 0.5) is 15.8 Å². The van der Waals surface area contributed by atoms with Gasteiger partial charge in [-0.15, -0.1) is 10.2 Å². The molecule has 0 amide bonds. The van der Waals surface area contributed by atoms with Crippen LogP contribution in [0, 0.1) is 19.7 Å². The Morgan fingerprint density at radius 2 is 2.08 bits per heavy atom. The highest BCUT2D eigenvalue weighted by atomic mass is 19.1. The van der Waals surface area contributed by atoms with Gasteiger partial charge in [0.2, 0.25) is 12.3 Å². The molecule has 4 aromatic rings. The molecular formula is C17H14FN5O. The van der Waals surface area contributed by atoms with E-state index in [4.69, 9.17) is 4.42 Å². The van der Waals surface area contributed by atoms with E-state index >= 15 is 4.39 Å². The number of hydrogen-bond donors (Lipinski definition) is 2. The summed E-state index contributed by atoms with van der Waals surface area (Å²) in [5.74, 6) is -0.236. The average molecular weight is 323 g/mol. The normalized spacial score (nSPS) is 11.1. The lowest BCUT2D eigenvalue weighted by molar-refractivity contribution is 0.568. The van der Waals surface area contributed by atoms with E-state index in [9.17, 15) is 0 Å². The SMILES string of the molecule is Cc1ccc(Nc2c(-c3nnco3)cc3[nH]cnc3c2F)c(C)c1. The van der Waals surface area contributed by atoms with E-state index in [0.717, 1.165) is 16.8 Å². The lowest BCUT2D eigenvalue weighted by atomic mass is 10.1. The number of imidazole rings is 1. The maximum atomic E-state index is 15.0. The van der Waals surface area contributed by atoms with E-state index in [2.05, 4.69) is 25.5 Å². The molecule has 0 aliphatic heterocycles. The van der Waals surface area contributed by atoms with Crippen LogP contribution >= 0.6 is 0 Å². The first-order chi connectivity index (χ1) is 11.6. The van der Waals surface area contributed by atoms with Crippen molar-refractivity contribution in [2.24, 2.45) is 0 Å². The Hall–Kier alpha value is -3.22. The van der Waals surface area contributed by atoms with E-state index in [1.807, 2.05) is 32.0 Å². The Labute approximate surface area is 136 Å². The van der Waals surface area contributed by atoms with Gasteiger partial charge >= 0.3 is 0 Å². The molecule has 2 heterocycles. The van der Waals surface area contributed by atoms with Crippen molar-refractivity contribution in [1.82, 2.24) is 20.2 Å². The lowest BCUT2D eigenvalue weighted by Crippen LogP contribution is -2.00. The number of anilines is 2. The van der Waals surface area contributed by atoms with Gasteiger partial charge in [-0.1, -0.05) is 17.7 Å². The van der Waals surface area contributed by atoms with Crippen molar-refractivity contribution in [2.75, 3.05) is 5.32 Å². The molecule has 2 aromatic carbocycles.